The normalized spacial score (nSPS) is 20.3. The molecule has 20 nitrogen and oxygen atoms in total. The largest absolute Gasteiger partial charge is 0.491 e. The molecule has 416 valence electrons. The molecule has 9 rings (SSSR count). The average molecular weight is 1100 g/mol. The van der Waals surface area contributed by atoms with Crippen molar-refractivity contribution >= 4 is 58.3 Å². The quantitative estimate of drug-likeness (QED) is 0.0675. The van der Waals surface area contributed by atoms with Crippen LogP contribution >= 0.6 is 0 Å². The zero-order valence-corrected chi connectivity index (χ0v) is 41.8. The standard InChI is InChI=1S/C26H29F4N5O5.C23H25F4N5O5/c1-14(26(28,29)30)8-20(36)22-18(27)10-19-23(33-22)35(15-5-7-34(19)11-15)24(37)32-21-9-16(4-6-31-21)38-12-17-13-39-25(2,3)40-17;1-12(23(25,26)27)6-18(35)20-16(24)8-17-21(30-20)32(13-3-5-31(17)9-13)22(36)29-19-7-15(2-4-28-19)37-11-14(34)10-33/h4,6,9-10,14-15,17H,5,7-8,11-13H2,1-3H3,(H,31,32,37);2,4,7-8,12-14,33-34H,3,5-6,9-11H2,1H3,(H,28,29,36)/t14-,15-,17-;12-,13-,14+/m00/s1. The summed E-state index contributed by atoms with van der Waals surface area (Å²) in [6.45, 7) is 7.02. The Balaban J connectivity index is 0.000000204. The summed E-state index contributed by atoms with van der Waals surface area (Å²) in [6, 6.07) is 6.05. The Hall–Kier alpha value is -7.04. The second-order valence-corrected chi connectivity index (χ2v) is 19.5. The van der Waals surface area contributed by atoms with Crippen molar-refractivity contribution in [2.24, 2.45) is 11.8 Å². The molecular formula is C49H54F8N10O10. The van der Waals surface area contributed by atoms with Crippen molar-refractivity contribution in [2.75, 3.05) is 82.8 Å². The monoisotopic (exact) mass is 1090 g/mol. The topological polar surface area (TPSA) is 234 Å². The van der Waals surface area contributed by atoms with Crippen LogP contribution in [-0.2, 0) is 9.47 Å². The molecule has 4 aromatic heterocycles. The summed E-state index contributed by atoms with van der Waals surface area (Å²) in [7, 11) is 0. The first-order valence-corrected chi connectivity index (χ1v) is 24.4. The number of aliphatic hydroxyl groups excluding tert-OH is 2. The molecule has 0 radical (unpaired) electrons. The molecule has 5 aliphatic heterocycles. The first-order chi connectivity index (χ1) is 36.3. The highest BCUT2D eigenvalue weighted by Gasteiger charge is 2.45. The number of nitrogens with zero attached hydrogens (tertiary/aromatic N) is 8. The Labute approximate surface area is 434 Å². The number of pyridine rings is 4. The van der Waals surface area contributed by atoms with E-state index in [4.69, 9.17) is 24.1 Å². The average Bonchev–Trinajstić information content (AvgIpc) is 4.11. The number of aromatic nitrogens is 4. The molecule has 0 unspecified atom stereocenters. The van der Waals surface area contributed by atoms with Crippen LogP contribution in [0.15, 0.2) is 48.8 Å². The second kappa shape index (κ2) is 22.5. The number of carbonyl (C=O) groups excluding carboxylic acids is 4. The van der Waals surface area contributed by atoms with E-state index in [0.29, 0.717) is 51.4 Å². The molecule has 0 spiro atoms. The van der Waals surface area contributed by atoms with Gasteiger partial charge in [-0.25, -0.2) is 38.3 Å². The maximum absolute atomic E-state index is 14.9. The molecule has 3 fully saturated rings. The fraction of sp³-hybridized carbons (Fsp3) is 0.510. The van der Waals surface area contributed by atoms with Crippen LogP contribution in [0, 0.1) is 23.5 Å². The molecule has 0 aromatic carbocycles. The van der Waals surface area contributed by atoms with E-state index in [1.165, 1.54) is 40.4 Å². The SMILES string of the molecule is C[C@@H](CC(=O)c1nc2c(cc1F)N1CC[C@@H](C1)N2C(=O)Nc1cc(OC[C@H](O)CO)ccn1)C(F)(F)F.C[C@@H](CC(=O)c1nc2c(cc1F)N1CC[C@@H](C1)N2C(=O)Nc1cc(OC[C@H]2COC(C)(C)O2)ccn1)C(F)(F)F. The van der Waals surface area contributed by atoms with Crippen LogP contribution in [0.5, 0.6) is 11.5 Å². The third-order valence-corrected chi connectivity index (χ3v) is 13.2. The van der Waals surface area contributed by atoms with Crippen LogP contribution in [0.4, 0.5) is 79.4 Å². The smallest absolute Gasteiger partial charge is 0.391 e. The zero-order valence-electron chi connectivity index (χ0n) is 41.8. The molecule has 5 aliphatic rings. The fourth-order valence-electron chi connectivity index (χ4n) is 9.10. The van der Waals surface area contributed by atoms with Gasteiger partial charge in [-0.05, 0) is 38.8 Å². The van der Waals surface area contributed by atoms with Gasteiger partial charge in [0.2, 0.25) is 0 Å². The van der Waals surface area contributed by atoms with Gasteiger partial charge < -0.3 is 39.0 Å². The Morgan fingerprint density at radius 2 is 1.21 bits per heavy atom. The fourth-order valence-corrected chi connectivity index (χ4v) is 9.10. The molecule has 28 heteroatoms. The number of nitrogens with one attached hydrogen (secondary N) is 2. The van der Waals surface area contributed by atoms with Gasteiger partial charge in [-0.3, -0.25) is 30.0 Å². The summed E-state index contributed by atoms with van der Waals surface area (Å²) in [4.78, 5) is 74.4. The van der Waals surface area contributed by atoms with Crippen LogP contribution in [-0.4, -0.2) is 149 Å². The lowest BCUT2D eigenvalue weighted by Gasteiger charge is -2.35. The summed E-state index contributed by atoms with van der Waals surface area (Å²) in [5.41, 5.74) is -0.950. The highest BCUT2D eigenvalue weighted by molar-refractivity contribution is 6.06. The summed E-state index contributed by atoms with van der Waals surface area (Å²) in [5, 5.41) is 23.6. The zero-order chi connectivity index (χ0) is 55.7. The lowest BCUT2D eigenvalue weighted by atomic mass is 10.0. The number of ketones is 2. The van der Waals surface area contributed by atoms with E-state index in [1.807, 2.05) is 4.90 Å². The van der Waals surface area contributed by atoms with Gasteiger partial charge in [0.05, 0.1) is 48.5 Å². The Morgan fingerprint density at radius 1 is 0.753 bits per heavy atom. The van der Waals surface area contributed by atoms with E-state index in [9.17, 15) is 59.4 Å². The lowest BCUT2D eigenvalue weighted by Crippen LogP contribution is -2.48. The number of alkyl halides is 6. The number of amides is 4. The van der Waals surface area contributed by atoms with Crippen LogP contribution in [0.25, 0.3) is 0 Å². The number of anilines is 6. The number of Topliss-reactive ketones (excluding diaryl/α,β-unsaturated/α-hetero) is 2. The molecule has 6 atom stereocenters. The van der Waals surface area contributed by atoms with E-state index >= 15 is 0 Å². The predicted molar refractivity (Wildman–Crippen MR) is 258 cm³/mol. The van der Waals surface area contributed by atoms with Gasteiger partial charge in [-0.15, -0.1) is 0 Å². The van der Waals surface area contributed by atoms with E-state index in [2.05, 4.69) is 30.6 Å². The number of carbonyl (C=O) groups is 4. The van der Waals surface area contributed by atoms with Gasteiger partial charge in [0.25, 0.3) is 0 Å². The number of aliphatic hydroxyl groups is 2. The Bertz CT molecular complexity index is 2860. The van der Waals surface area contributed by atoms with Crippen LogP contribution in [0.3, 0.4) is 0 Å². The number of rotatable bonds is 15. The molecule has 4 N–H and O–H groups in total. The van der Waals surface area contributed by atoms with E-state index in [1.54, 1.807) is 24.8 Å². The molecule has 4 amide bonds. The first-order valence-electron chi connectivity index (χ1n) is 24.4. The molecule has 9 heterocycles. The van der Waals surface area contributed by atoms with Crippen molar-refractivity contribution in [3.8, 4) is 11.5 Å². The summed E-state index contributed by atoms with van der Waals surface area (Å²) < 4.78 is 130. The van der Waals surface area contributed by atoms with Crippen LogP contribution in [0.1, 0.15) is 74.4 Å². The minimum atomic E-state index is -4.63. The van der Waals surface area contributed by atoms with Crippen molar-refractivity contribution in [3.05, 3.63) is 71.8 Å². The number of hydrogen-bond donors (Lipinski definition) is 4. The summed E-state index contributed by atoms with van der Waals surface area (Å²) in [6.07, 6.45) is -8.66. The number of ether oxygens (including phenoxy) is 4. The van der Waals surface area contributed by atoms with E-state index < -0.39 is 102 Å². The third-order valence-electron chi connectivity index (χ3n) is 13.2. The highest BCUT2D eigenvalue weighted by atomic mass is 19.4. The maximum Gasteiger partial charge on any atom is 0.391 e. The van der Waals surface area contributed by atoms with Crippen LogP contribution < -0.4 is 39.7 Å². The predicted octanol–water partition coefficient (Wildman–Crippen LogP) is 7.30. The van der Waals surface area contributed by atoms with Gasteiger partial charge in [-0.1, -0.05) is 13.8 Å². The summed E-state index contributed by atoms with van der Waals surface area (Å²) in [5.74, 6) is -8.04. The first kappa shape index (κ1) is 56.2. The van der Waals surface area contributed by atoms with Gasteiger partial charge in [0.15, 0.2) is 40.6 Å². The molecule has 4 bridgehead atoms. The van der Waals surface area contributed by atoms with Crippen molar-refractivity contribution in [2.45, 2.75) is 95.8 Å². The highest BCUT2D eigenvalue weighted by Crippen LogP contribution is 2.43. The Morgan fingerprint density at radius 3 is 1.62 bits per heavy atom. The second-order valence-electron chi connectivity index (χ2n) is 19.5. The number of hydrogen-bond acceptors (Lipinski definition) is 16. The van der Waals surface area contributed by atoms with Gasteiger partial charge >= 0.3 is 24.4 Å². The molecule has 0 aliphatic carbocycles. The lowest BCUT2D eigenvalue weighted by molar-refractivity contribution is -0.169. The van der Waals surface area contributed by atoms with Gasteiger partial charge in [0.1, 0.15) is 59.9 Å². The van der Waals surface area contributed by atoms with Crippen LogP contribution in [0.2, 0.25) is 0 Å². The minimum absolute atomic E-state index is 0.00376. The number of fused-ring (bicyclic) bond motifs is 8. The van der Waals surface area contributed by atoms with Gasteiger partial charge in [0, 0.05) is 75.7 Å². The molecular weight excluding hydrogens is 1040 g/mol. The third kappa shape index (κ3) is 13.0. The number of halogens is 8. The molecule has 4 aromatic rings. The minimum Gasteiger partial charge on any atom is -0.491 e. The van der Waals surface area contributed by atoms with E-state index in [-0.39, 0.29) is 71.8 Å². The molecule has 0 saturated carbocycles. The van der Waals surface area contributed by atoms with Crippen molar-refractivity contribution < 1.29 is 83.5 Å². The Kier molecular flexibility index (Phi) is 16.4. The summed E-state index contributed by atoms with van der Waals surface area (Å²) >= 11 is 0. The van der Waals surface area contributed by atoms with E-state index in [0.717, 1.165) is 26.0 Å². The maximum atomic E-state index is 14.9. The van der Waals surface area contributed by atoms with Crippen molar-refractivity contribution in [1.29, 1.82) is 0 Å². The van der Waals surface area contributed by atoms with Crippen molar-refractivity contribution in [3.63, 3.8) is 0 Å². The number of urea groups is 2. The van der Waals surface area contributed by atoms with Gasteiger partial charge in [-0.2, -0.15) is 26.3 Å². The molecule has 77 heavy (non-hydrogen) atoms. The molecule has 3 saturated heterocycles. The van der Waals surface area contributed by atoms with Crippen molar-refractivity contribution in [1.82, 2.24) is 19.9 Å².